The summed E-state index contributed by atoms with van der Waals surface area (Å²) in [5, 5.41) is 0. The molecule has 2 aliphatic heterocycles. The van der Waals surface area contributed by atoms with E-state index in [0.717, 1.165) is 24.8 Å². The van der Waals surface area contributed by atoms with Gasteiger partial charge in [0.2, 0.25) is 0 Å². The lowest BCUT2D eigenvalue weighted by atomic mass is 10.2. The lowest BCUT2D eigenvalue weighted by Crippen LogP contribution is -2.37. The Kier molecular flexibility index (Phi) is 4.93. The van der Waals surface area contributed by atoms with Crippen LogP contribution < -0.4 is 4.74 Å². The summed E-state index contributed by atoms with van der Waals surface area (Å²) in [6.07, 6.45) is 5.25. The zero-order chi connectivity index (χ0) is 13.6. The smallest absolute Gasteiger partial charge is 0.119 e. The third-order valence-electron chi connectivity index (χ3n) is 4.52. The van der Waals surface area contributed by atoms with Gasteiger partial charge in [-0.2, -0.15) is 0 Å². The van der Waals surface area contributed by atoms with Crippen molar-refractivity contribution in [2.75, 3.05) is 39.3 Å². The Morgan fingerprint density at radius 3 is 2.80 bits per heavy atom. The van der Waals surface area contributed by atoms with Gasteiger partial charge in [0.05, 0.1) is 6.61 Å². The topological polar surface area (TPSA) is 15.7 Å². The van der Waals surface area contributed by atoms with E-state index in [2.05, 4.69) is 9.80 Å². The maximum absolute atomic E-state index is 5.78. The summed E-state index contributed by atoms with van der Waals surface area (Å²) in [5.41, 5.74) is 0. The van der Waals surface area contributed by atoms with Gasteiger partial charge in [-0.3, -0.25) is 4.90 Å². The quantitative estimate of drug-likeness (QED) is 0.768. The number of fused-ring (bicyclic) bond motifs is 1. The van der Waals surface area contributed by atoms with Gasteiger partial charge in [-0.05, 0) is 57.5 Å². The molecule has 3 nitrogen and oxygen atoms in total. The van der Waals surface area contributed by atoms with Crippen molar-refractivity contribution < 1.29 is 4.74 Å². The van der Waals surface area contributed by atoms with Crippen LogP contribution in [0.1, 0.15) is 25.7 Å². The van der Waals surface area contributed by atoms with E-state index in [-0.39, 0.29) is 0 Å². The third-order valence-corrected chi connectivity index (χ3v) is 4.52. The van der Waals surface area contributed by atoms with E-state index in [1.807, 2.05) is 30.3 Å². The largest absolute Gasteiger partial charge is 0.494 e. The Morgan fingerprint density at radius 2 is 1.90 bits per heavy atom. The molecule has 0 saturated carbocycles. The Labute approximate surface area is 122 Å². The van der Waals surface area contributed by atoms with Crippen molar-refractivity contribution in [1.82, 2.24) is 9.80 Å². The van der Waals surface area contributed by atoms with Gasteiger partial charge in [0.1, 0.15) is 5.75 Å². The second-order valence-corrected chi connectivity index (χ2v) is 6.00. The summed E-state index contributed by atoms with van der Waals surface area (Å²) in [6.45, 7) is 7.17. The van der Waals surface area contributed by atoms with Crippen LogP contribution >= 0.6 is 0 Å². The van der Waals surface area contributed by atoms with Crippen LogP contribution in [0.15, 0.2) is 30.3 Å². The number of ether oxygens (including phenoxy) is 1. The molecule has 1 unspecified atom stereocenters. The molecule has 2 aliphatic rings. The van der Waals surface area contributed by atoms with Gasteiger partial charge in [-0.15, -0.1) is 0 Å². The highest BCUT2D eigenvalue weighted by molar-refractivity contribution is 5.20. The van der Waals surface area contributed by atoms with Gasteiger partial charge in [0.15, 0.2) is 0 Å². The van der Waals surface area contributed by atoms with Crippen LogP contribution in [0, 0.1) is 0 Å². The number of rotatable bonds is 5. The lowest BCUT2D eigenvalue weighted by Gasteiger charge is -2.25. The van der Waals surface area contributed by atoms with Crippen molar-refractivity contribution in [2.45, 2.75) is 31.7 Å². The Bertz CT molecular complexity index is 395. The monoisotopic (exact) mass is 274 g/mol. The molecule has 0 N–H and O–H groups in total. The van der Waals surface area contributed by atoms with Crippen LogP contribution in [0.5, 0.6) is 5.75 Å². The molecule has 2 saturated heterocycles. The SMILES string of the molecule is c1ccc(OCCCN2CCCN3CCCC3C2)cc1. The van der Waals surface area contributed by atoms with Crippen LogP contribution in [0.25, 0.3) is 0 Å². The molecule has 0 amide bonds. The predicted octanol–water partition coefficient (Wildman–Crippen LogP) is 2.63. The van der Waals surface area contributed by atoms with Crippen molar-refractivity contribution in [3.8, 4) is 5.75 Å². The molecular formula is C17H26N2O. The van der Waals surface area contributed by atoms with Gasteiger partial charge in [0.25, 0.3) is 0 Å². The van der Waals surface area contributed by atoms with Crippen LogP contribution in [-0.4, -0.2) is 55.2 Å². The maximum atomic E-state index is 5.78. The molecule has 1 aromatic rings. The fourth-order valence-corrected chi connectivity index (χ4v) is 3.48. The molecule has 2 heterocycles. The van der Waals surface area contributed by atoms with E-state index >= 15 is 0 Å². The van der Waals surface area contributed by atoms with Crippen LogP contribution in [-0.2, 0) is 0 Å². The minimum atomic E-state index is 0.826. The summed E-state index contributed by atoms with van der Waals surface area (Å²) in [5.74, 6) is 0.991. The highest BCUT2D eigenvalue weighted by Crippen LogP contribution is 2.21. The van der Waals surface area contributed by atoms with Crippen LogP contribution in [0.3, 0.4) is 0 Å². The van der Waals surface area contributed by atoms with Gasteiger partial charge < -0.3 is 9.64 Å². The lowest BCUT2D eigenvalue weighted by molar-refractivity contribution is 0.205. The first kappa shape index (κ1) is 13.9. The van der Waals surface area contributed by atoms with Crippen LogP contribution in [0.2, 0.25) is 0 Å². The number of nitrogens with zero attached hydrogens (tertiary/aromatic N) is 2. The van der Waals surface area contributed by atoms with Crippen molar-refractivity contribution in [3.63, 3.8) is 0 Å². The van der Waals surface area contributed by atoms with E-state index < -0.39 is 0 Å². The van der Waals surface area contributed by atoms with E-state index in [9.17, 15) is 0 Å². The molecular weight excluding hydrogens is 248 g/mol. The van der Waals surface area contributed by atoms with Gasteiger partial charge in [-0.25, -0.2) is 0 Å². The van der Waals surface area contributed by atoms with E-state index in [4.69, 9.17) is 4.74 Å². The molecule has 0 aliphatic carbocycles. The molecule has 3 heteroatoms. The molecule has 1 atom stereocenters. The highest BCUT2D eigenvalue weighted by atomic mass is 16.5. The van der Waals surface area contributed by atoms with Crippen molar-refractivity contribution in [1.29, 1.82) is 0 Å². The molecule has 1 aromatic carbocycles. The molecule has 3 rings (SSSR count). The zero-order valence-electron chi connectivity index (χ0n) is 12.3. The first-order valence-corrected chi connectivity index (χ1v) is 8.06. The van der Waals surface area contributed by atoms with Gasteiger partial charge in [-0.1, -0.05) is 18.2 Å². The third kappa shape index (κ3) is 3.74. The predicted molar refractivity (Wildman–Crippen MR) is 82.2 cm³/mol. The number of benzene rings is 1. The first-order chi connectivity index (χ1) is 9.92. The first-order valence-electron chi connectivity index (χ1n) is 8.06. The van der Waals surface area contributed by atoms with Gasteiger partial charge >= 0.3 is 0 Å². The highest BCUT2D eigenvalue weighted by Gasteiger charge is 2.28. The Hall–Kier alpha value is -1.06. The number of hydrogen-bond donors (Lipinski definition) is 0. The number of para-hydroxylation sites is 1. The standard InChI is InChI=1S/C17H26N2O/c1-2-8-17(9-3-1)20-14-6-11-18-10-5-13-19-12-4-7-16(19)15-18/h1-3,8-9,16H,4-7,10-15H2. The average Bonchev–Trinajstić information content (AvgIpc) is 2.83. The molecule has 0 bridgehead atoms. The Morgan fingerprint density at radius 1 is 1.05 bits per heavy atom. The van der Waals surface area contributed by atoms with E-state index in [0.29, 0.717) is 0 Å². The fourth-order valence-electron chi connectivity index (χ4n) is 3.48. The second kappa shape index (κ2) is 7.09. The minimum Gasteiger partial charge on any atom is -0.494 e. The molecule has 0 radical (unpaired) electrons. The summed E-state index contributed by atoms with van der Waals surface area (Å²) in [4.78, 5) is 5.34. The zero-order valence-corrected chi connectivity index (χ0v) is 12.3. The molecule has 0 aromatic heterocycles. The van der Waals surface area contributed by atoms with Crippen molar-refractivity contribution in [3.05, 3.63) is 30.3 Å². The summed E-state index contributed by atoms with van der Waals surface area (Å²) < 4.78 is 5.78. The van der Waals surface area contributed by atoms with Crippen molar-refractivity contribution >= 4 is 0 Å². The normalized spacial score (nSPS) is 24.3. The van der Waals surface area contributed by atoms with Crippen LogP contribution in [0.4, 0.5) is 0 Å². The summed E-state index contributed by atoms with van der Waals surface area (Å²) in [6, 6.07) is 11.0. The second-order valence-electron chi connectivity index (χ2n) is 6.00. The summed E-state index contributed by atoms with van der Waals surface area (Å²) in [7, 11) is 0. The Balaban J connectivity index is 1.37. The average molecular weight is 274 g/mol. The molecule has 110 valence electrons. The van der Waals surface area contributed by atoms with Gasteiger partial charge in [0, 0.05) is 19.1 Å². The minimum absolute atomic E-state index is 0.826. The molecule has 2 fully saturated rings. The molecule has 0 spiro atoms. The number of hydrogen-bond acceptors (Lipinski definition) is 3. The fraction of sp³-hybridized carbons (Fsp3) is 0.647. The van der Waals surface area contributed by atoms with Crippen molar-refractivity contribution in [2.24, 2.45) is 0 Å². The maximum Gasteiger partial charge on any atom is 0.119 e. The van der Waals surface area contributed by atoms with E-state index in [1.165, 1.54) is 52.0 Å². The summed E-state index contributed by atoms with van der Waals surface area (Å²) >= 11 is 0. The van der Waals surface area contributed by atoms with E-state index in [1.54, 1.807) is 0 Å². The molecule has 20 heavy (non-hydrogen) atoms.